The van der Waals surface area contributed by atoms with Gasteiger partial charge in [0.15, 0.2) is 17.2 Å². The van der Waals surface area contributed by atoms with Crippen LogP contribution in [0.25, 0.3) is 16.9 Å². The second-order valence-electron chi connectivity index (χ2n) is 6.90. The minimum Gasteiger partial charge on any atom is -0.408 e. The first kappa shape index (κ1) is 18.6. The molecule has 3 aromatic heterocycles. The van der Waals surface area contributed by atoms with Crippen molar-refractivity contribution in [3.05, 3.63) is 65.4 Å². The Hall–Kier alpha value is -3.44. The van der Waals surface area contributed by atoms with Gasteiger partial charge >= 0.3 is 5.76 Å². The molecule has 1 aromatic carbocycles. The van der Waals surface area contributed by atoms with E-state index in [0.717, 1.165) is 5.82 Å². The average molecular weight is 426 g/mol. The number of nitrogens with zero attached hydrogens (tertiary/aromatic N) is 5. The van der Waals surface area contributed by atoms with Crippen LogP contribution >= 0.6 is 0 Å². The van der Waals surface area contributed by atoms with Crippen LogP contribution in [0.2, 0.25) is 0 Å². The Labute approximate surface area is 171 Å². The first-order valence-corrected chi connectivity index (χ1v) is 10.8. The van der Waals surface area contributed by atoms with Crippen LogP contribution < -0.4 is 10.7 Å². The molecule has 1 aliphatic heterocycles. The molecule has 4 heterocycles. The van der Waals surface area contributed by atoms with Gasteiger partial charge in [0.2, 0.25) is 10.0 Å². The Morgan fingerprint density at radius 2 is 1.63 bits per heavy atom. The van der Waals surface area contributed by atoms with E-state index in [-0.39, 0.29) is 4.90 Å². The zero-order valence-corrected chi connectivity index (χ0v) is 16.6. The van der Waals surface area contributed by atoms with Crippen LogP contribution in [0.1, 0.15) is 0 Å². The molecule has 0 saturated carbocycles. The summed E-state index contributed by atoms with van der Waals surface area (Å²) in [6, 6.07) is 12.0. The minimum absolute atomic E-state index is 0.122. The van der Waals surface area contributed by atoms with Gasteiger partial charge in [0.25, 0.3) is 0 Å². The van der Waals surface area contributed by atoms with E-state index in [2.05, 4.69) is 15.2 Å². The minimum atomic E-state index is -3.68. The van der Waals surface area contributed by atoms with Gasteiger partial charge < -0.3 is 13.9 Å². The van der Waals surface area contributed by atoms with Gasteiger partial charge in [0, 0.05) is 38.6 Å². The third-order valence-corrected chi connectivity index (χ3v) is 6.99. The monoisotopic (exact) mass is 426 g/mol. The lowest BCUT2D eigenvalue weighted by atomic mass is 10.3. The van der Waals surface area contributed by atoms with Crippen LogP contribution in [0.4, 0.5) is 5.82 Å². The van der Waals surface area contributed by atoms with E-state index in [9.17, 15) is 13.2 Å². The fourth-order valence-corrected chi connectivity index (χ4v) is 4.96. The molecule has 1 saturated heterocycles. The second kappa shape index (κ2) is 7.11. The Morgan fingerprint density at radius 3 is 2.33 bits per heavy atom. The zero-order chi connectivity index (χ0) is 20.7. The van der Waals surface area contributed by atoms with Gasteiger partial charge in [-0.3, -0.25) is 4.98 Å². The molecule has 10 nitrogen and oxygen atoms in total. The maximum atomic E-state index is 13.0. The molecule has 1 fully saturated rings. The summed E-state index contributed by atoms with van der Waals surface area (Å²) in [6.45, 7) is 1.65. The highest BCUT2D eigenvalue weighted by molar-refractivity contribution is 7.89. The SMILES string of the molecule is O=c1[nH]c2cc(S(=O)(=O)N3CCN(c4ccc(-n5cccc5)nn4)CC3)ccc2o1. The standard InChI is InChI=1S/C19H18N6O4S/c26-19-20-15-13-14(3-4-16(15)29-19)30(27,28)25-11-9-24(10-12-25)18-6-5-17(21-22-18)23-7-1-2-8-23/h1-8,13H,9-12H2,(H,20,26). The number of oxazole rings is 1. The van der Waals surface area contributed by atoms with Gasteiger partial charge in [-0.05, 0) is 42.5 Å². The molecule has 30 heavy (non-hydrogen) atoms. The predicted molar refractivity (Wildman–Crippen MR) is 109 cm³/mol. The van der Waals surface area contributed by atoms with E-state index in [4.69, 9.17) is 4.42 Å². The number of aromatic nitrogens is 4. The average Bonchev–Trinajstić information content (AvgIpc) is 3.42. The molecule has 0 spiro atoms. The molecular formula is C19H18N6O4S. The topological polar surface area (TPSA) is 117 Å². The van der Waals surface area contributed by atoms with Crippen molar-refractivity contribution in [2.75, 3.05) is 31.1 Å². The van der Waals surface area contributed by atoms with Gasteiger partial charge in [-0.1, -0.05) is 0 Å². The molecule has 1 aliphatic rings. The summed E-state index contributed by atoms with van der Waals surface area (Å²) in [6.07, 6.45) is 3.79. The number of rotatable bonds is 4. The molecular weight excluding hydrogens is 408 g/mol. The molecule has 4 aromatic rings. The highest BCUT2D eigenvalue weighted by Gasteiger charge is 2.29. The van der Waals surface area contributed by atoms with Crippen molar-refractivity contribution in [3.63, 3.8) is 0 Å². The van der Waals surface area contributed by atoms with Gasteiger partial charge in [-0.2, -0.15) is 4.31 Å². The fraction of sp³-hybridized carbons (Fsp3) is 0.211. The molecule has 0 atom stereocenters. The van der Waals surface area contributed by atoms with E-state index < -0.39 is 15.8 Å². The number of sulfonamides is 1. The lowest BCUT2D eigenvalue weighted by Gasteiger charge is -2.34. The third-order valence-electron chi connectivity index (χ3n) is 5.10. The van der Waals surface area contributed by atoms with Crippen molar-refractivity contribution in [3.8, 4) is 5.82 Å². The molecule has 0 bridgehead atoms. The lowest BCUT2D eigenvalue weighted by molar-refractivity contribution is 0.383. The summed E-state index contributed by atoms with van der Waals surface area (Å²) in [4.78, 5) is 15.9. The molecule has 0 aliphatic carbocycles. The number of fused-ring (bicyclic) bond motifs is 1. The van der Waals surface area contributed by atoms with Crippen LogP contribution in [0.5, 0.6) is 0 Å². The van der Waals surface area contributed by atoms with E-state index in [1.165, 1.54) is 22.5 Å². The molecule has 0 amide bonds. The molecule has 154 valence electrons. The fourth-order valence-electron chi connectivity index (χ4n) is 3.51. The quantitative estimate of drug-likeness (QED) is 0.521. The number of aromatic amines is 1. The molecule has 1 N–H and O–H groups in total. The second-order valence-corrected chi connectivity index (χ2v) is 8.84. The third kappa shape index (κ3) is 3.27. The maximum Gasteiger partial charge on any atom is 0.417 e. The predicted octanol–water partition coefficient (Wildman–Crippen LogP) is 1.21. The summed E-state index contributed by atoms with van der Waals surface area (Å²) in [5.74, 6) is 0.815. The van der Waals surface area contributed by atoms with Crippen LogP contribution in [0.3, 0.4) is 0 Å². The van der Waals surface area contributed by atoms with Crippen molar-refractivity contribution in [2.45, 2.75) is 4.90 Å². The largest absolute Gasteiger partial charge is 0.417 e. The van der Waals surface area contributed by atoms with Crippen LogP contribution in [0.15, 0.2) is 69.0 Å². The van der Waals surface area contributed by atoms with Crippen molar-refractivity contribution >= 4 is 26.9 Å². The first-order valence-electron chi connectivity index (χ1n) is 9.36. The number of benzene rings is 1. The lowest BCUT2D eigenvalue weighted by Crippen LogP contribution is -2.49. The molecule has 5 rings (SSSR count). The summed E-state index contributed by atoms with van der Waals surface area (Å²) in [7, 11) is -3.68. The van der Waals surface area contributed by atoms with Crippen molar-refractivity contribution in [1.29, 1.82) is 0 Å². The van der Waals surface area contributed by atoms with Gasteiger partial charge in [0.05, 0.1) is 10.4 Å². The van der Waals surface area contributed by atoms with Crippen molar-refractivity contribution in [1.82, 2.24) is 24.1 Å². The maximum absolute atomic E-state index is 13.0. The highest BCUT2D eigenvalue weighted by atomic mass is 32.2. The number of hydrogen-bond donors (Lipinski definition) is 1. The van der Waals surface area contributed by atoms with E-state index in [1.54, 1.807) is 0 Å². The summed E-state index contributed by atoms with van der Waals surface area (Å²) >= 11 is 0. The van der Waals surface area contributed by atoms with Gasteiger partial charge in [-0.15, -0.1) is 10.2 Å². The summed E-state index contributed by atoms with van der Waals surface area (Å²) in [5, 5.41) is 8.53. The zero-order valence-electron chi connectivity index (χ0n) is 15.8. The number of hydrogen-bond acceptors (Lipinski definition) is 7. The number of H-pyrrole nitrogens is 1. The summed E-state index contributed by atoms with van der Waals surface area (Å²) in [5.41, 5.74) is 0.684. The number of anilines is 1. The first-order chi connectivity index (χ1) is 14.5. The summed E-state index contributed by atoms with van der Waals surface area (Å²) < 4.78 is 34.3. The van der Waals surface area contributed by atoms with Crippen molar-refractivity contribution < 1.29 is 12.8 Å². The number of nitrogens with one attached hydrogen (secondary N) is 1. The van der Waals surface area contributed by atoms with E-state index in [0.29, 0.717) is 43.1 Å². The van der Waals surface area contributed by atoms with E-state index >= 15 is 0 Å². The Bertz CT molecular complexity index is 1330. The van der Waals surface area contributed by atoms with Gasteiger partial charge in [0.1, 0.15) is 0 Å². The smallest absolute Gasteiger partial charge is 0.408 e. The number of piperazine rings is 1. The molecule has 0 unspecified atom stereocenters. The molecule has 11 heteroatoms. The van der Waals surface area contributed by atoms with Crippen LogP contribution in [-0.4, -0.2) is 58.7 Å². The molecule has 0 radical (unpaired) electrons. The van der Waals surface area contributed by atoms with Crippen molar-refractivity contribution in [2.24, 2.45) is 0 Å². The Balaban J connectivity index is 1.30. The van der Waals surface area contributed by atoms with E-state index in [1.807, 2.05) is 46.1 Å². The Morgan fingerprint density at radius 1 is 0.933 bits per heavy atom. The Kier molecular flexibility index (Phi) is 4.40. The van der Waals surface area contributed by atoms with Crippen LogP contribution in [-0.2, 0) is 10.0 Å². The van der Waals surface area contributed by atoms with Gasteiger partial charge in [-0.25, -0.2) is 13.2 Å². The highest BCUT2D eigenvalue weighted by Crippen LogP contribution is 2.22. The van der Waals surface area contributed by atoms with Crippen LogP contribution in [0, 0.1) is 0 Å². The normalized spacial score (nSPS) is 15.7.